The van der Waals surface area contributed by atoms with Gasteiger partial charge in [-0.2, -0.15) is 11.8 Å². The molecule has 0 spiro atoms. The van der Waals surface area contributed by atoms with Gasteiger partial charge in [-0.05, 0) is 30.9 Å². The molecule has 0 saturated carbocycles. The maximum atomic E-state index is 4.74. The lowest BCUT2D eigenvalue weighted by atomic mass is 10.1. The number of hydrogen-bond acceptors (Lipinski definition) is 4. The first-order valence-corrected chi connectivity index (χ1v) is 9.62. The van der Waals surface area contributed by atoms with Crippen LogP contribution in [0.15, 0.2) is 35.3 Å². The number of thioether (sulfide) groups is 1. The van der Waals surface area contributed by atoms with Gasteiger partial charge in [-0.25, -0.2) is 9.98 Å². The van der Waals surface area contributed by atoms with Gasteiger partial charge < -0.3 is 15.5 Å². The van der Waals surface area contributed by atoms with Crippen LogP contribution < -0.4 is 15.5 Å². The van der Waals surface area contributed by atoms with Gasteiger partial charge in [-0.3, -0.25) is 0 Å². The van der Waals surface area contributed by atoms with Gasteiger partial charge >= 0.3 is 0 Å². The molecule has 1 aromatic heterocycles. The summed E-state index contributed by atoms with van der Waals surface area (Å²) in [6.07, 6.45) is 2.11. The molecule has 0 aliphatic heterocycles. The van der Waals surface area contributed by atoms with Crippen molar-refractivity contribution in [2.75, 3.05) is 44.1 Å². The summed E-state index contributed by atoms with van der Waals surface area (Å²) in [7, 11) is 4.02. The molecule has 0 fully saturated rings. The van der Waals surface area contributed by atoms with Gasteiger partial charge in [-0.1, -0.05) is 18.2 Å². The number of aliphatic imine (C=N–C) groups is 1. The van der Waals surface area contributed by atoms with Crippen molar-refractivity contribution in [2.45, 2.75) is 13.5 Å². The molecule has 0 radical (unpaired) electrons. The van der Waals surface area contributed by atoms with E-state index < -0.39 is 0 Å². The van der Waals surface area contributed by atoms with E-state index >= 15 is 0 Å². The van der Waals surface area contributed by atoms with Crippen LogP contribution in [0, 0.1) is 0 Å². The number of hydrogen-bond donors (Lipinski definition) is 2. The van der Waals surface area contributed by atoms with E-state index in [4.69, 9.17) is 9.98 Å². The molecule has 1 aromatic carbocycles. The molecule has 138 valence electrons. The minimum Gasteiger partial charge on any atom is -0.363 e. The van der Waals surface area contributed by atoms with Crippen LogP contribution >= 0.6 is 35.7 Å². The summed E-state index contributed by atoms with van der Waals surface area (Å²) in [4.78, 5) is 11.5. The average molecular weight is 473 g/mol. The Morgan fingerprint density at radius 2 is 2.00 bits per heavy atom. The Kier molecular flexibility index (Phi) is 9.96. The smallest absolute Gasteiger partial charge is 0.191 e. The summed E-state index contributed by atoms with van der Waals surface area (Å²) >= 11 is 1.82. The van der Waals surface area contributed by atoms with Crippen molar-refractivity contribution in [3.8, 4) is 0 Å². The highest BCUT2D eigenvalue weighted by atomic mass is 127. The lowest BCUT2D eigenvalue weighted by molar-refractivity contribution is 0.844. The zero-order chi connectivity index (χ0) is 17.4. The number of nitrogens with one attached hydrogen (secondary N) is 2. The number of halogens is 1. The molecular formula is C18H28IN5S. The zero-order valence-electron chi connectivity index (χ0n) is 15.4. The number of nitrogens with zero attached hydrogens (tertiary/aromatic N) is 3. The first kappa shape index (κ1) is 21.8. The summed E-state index contributed by atoms with van der Waals surface area (Å²) < 4.78 is 0. The normalized spacial score (nSPS) is 11.1. The molecule has 5 nitrogen and oxygen atoms in total. The van der Waals surface area contributed by atoms with Crippen molar-refractivity contribution in [1.29, 1.82) is 0 Å². The molecule has 1 heterocycles. The quantitative estimate of drug-likeness (QED) is 0.280. The van der Waals surface area contributed by atoms with Gasteiger partial charge in [0, 0.05) is 38.3 Å². The molecule has 0 aliphatic rings. The van der Waals surface area contributed by atoms with Crippen LogP contribution in [0.25, 0.3) is 10.9 Å². The van der Waals surface area contributed by atoms with Crippen LogP contribution in [0.5, 0.6) is 0 Å². The Morgan fingerprint density at radius 3 is 2.68 bits per heavy atom. The summed E-state index contributed by atoms with van der Waals surface area (Å²) in [5.41, 5.74) is 2.20. The second-order valence-corrected chi connectivity index (χ2v) is 6.65. The molecule has 25 heavy (non-hydrogen) atoms. The van der Waals surface area contributed by atoms with Crippen molar-refractivity contribution >= 4 is 58.4 Å². The second-order valence-electron chi connectivity index (χ2n) is 5.67. The molecule has 7 heteroatoms. The Labute approximate surface area is 172 Å². The summed E-state index contributed by atoms with van der Waals surface area (Å²) in [6.45, 7) is 4.47. The van der Waals surface area contributed by atoms with Crippen molar-refractivity contribution < 1.29 is 0 Å². The second kappa shape index (κ2) is 11.4. The lowest BCUT2D eigenvalue weighted by Crippen LogP contribution is -2.38. The molecule has 0 saturated heterocycles. The fourth-order valence-electron chi connectivity index (χ4n) is 2.37. The average Bonchev–Trinajstić information content (AvgIpc) is 2.59. The highest BCUT2D eigenvalue weighted by Gasteiger charge is 2.07. The number of para-hydroxylation sites is 1. The third-order valence-electron chi connectivity index (χ3n) is 3.60. The first-order chi connectivity index (χ1) is 11.7. The van der Waals surface area contributed by atoms with Crippen LogP contribution in [0.2, 0.25) is 0 Å². The molecular weight excluding hydrogens is 445 g/mol. The molecule has 0 amide bonds. The van der Waals surface area contributed by atoms with Gasteiger partial charge in [0.05, 0.1) is 12.1 Å². The standard InChI is InChI=1S/C18H27N5S.HI/c1-5-19-18(20-10-11-24-4)21-13-14-12-17(23(2)3)22-16-9-7-6-8-15(14)16;/h6-9,12H,5,10-11,13H2,1-4H3,(H2,19,20,21);1H. The molecule has 0 aliphatic carbocycles. The summed E-state index contributed by atoms with van der Waals surface area (Å²) in [5, 5.41) is 7.83. The van der Waals surface area contributed by atoms with Crippen molar-refractivity contribution in [3.05, 3.63) is 35.9 Å². The number of fused-ring (bicyclic) bond motifs is 1. The van der Waals surface area contributed by atoms with E-state index in [2.05, 4.69) is 48.1 Å². The van der Waals surface area contributed by atoms with Crippen molar-refractivity contribution in [3.63, 3.8) is 0 Å². The molecule has 0 atom stereocenters. The molecule has 0 bridgehead atoms. The Bertz CT molecular complexity index is 690. The molecule has 2 N–H and O–H groups in total. The van der Waals surface area contributed by atoms with Gasteiger partial charge in [0.2, 0.25) is 0 Å². The maximum absolute atomic E-state index is 4.74. The van der Waals surface area contributed by atoms with Crippen LogP contribution in [0.1, 0.15) is 12.5 Å². The van der Waals surface area contributed by atoms with E-state index in [0.29, 0.717) is 6.54 Å². The summed E-state index contributed by atoms with van der Waals surface area (Å²) in [5.74, 6) is 2.88. The topological polar surface area (TPSA) is 52.6 Å². The zero-order valence-corrected chi connectivity index (χ0v) is 18.5. The van der Waals surface area contributed by atoms with E-state index in [0.717, 1.165) is 41.5 Å². The number of benzene rings is 1. The highest BCUT2D eigenvalue weighted by molar-refractivity contribution is 14.0. The fourth-order valence-corrected chi connectivity index (χ4v) is 2.68. The monoisotopic (exact) mass is 473 g/mol. The Hall–Kier alpha value is -1.22. The molecule has 0 unspecified atom stereocenters. The first-order valence-electron chi connectivity index (χ1n) is 8.22. The van der Waals surface area contributed by atoms with E-state index in [1.165, 1.54) is 5.56 Å². The lowest BCUT2D eigenvalue weighted by Gasteiger charge is -2.15. The fraction of sp³-hybridized carbons (Fsp3) is 0.444. The Morgan fingerprint density at radius 1 is 1.24 bits per heavy atom. The van der Waals surface area contributed by atoms with Crippen LogP contribution in [0.3, 0.4) is 0 Å². The van der Waals surface area contributed by atoms with Gasteiger partial charge in [0.1, 0.15) is 5.82 Å². The third kappa shape index (κ3) is 6.54. The van der Waals surface area contributed by atoms with Gasteiger partial charge in [-0.15, -0.1) is 24.0 Å². The molecule has 2 aromatic rings. The SMILES string of the molecule is CCNC(=NCc1cc(N(C)C)nc2ccccc12)NCCSC.I. The number of guanidine groups is 1. The van der Waals surface area contributed by atoms with Crippen molar-refractivity contribution in [1.82, 2.24) is 15.6 Å². The minimum atomic E-state index is 0. The minimum absolute atomic E-state index is 0. The number of rotatable bonds is 7. The number of aromatic nitrogens is 1. The maximum Gasteiger partial charge on any atom is 0.191 e. The van der Waals surface area contributed by atoms with E-state index in [1.54, 1.807) is 0 Å². The van der Waals surface area contributed by atoms with Crippen LogP contribution in [-0.4, -0.2) is 50.1 Å². The van der Waals surface area contributed by atoms with E-state index in [1.807, 2.05) is 36.8 Å². The van der Waals surface area contributed by atoms with Crippen LogP contribution in [-0.2, 0) is 6.54 Å². The van der Waals surface area contributed by atoms with Gasteiger partial charge in [0.15, 0.2) is 5.96 Å². The number of anilines is 1. The largest absolute Gasteiger partial charge is 0.363 e. The van der Waals surface area contributed by atoms with E-state index in [9.17, 15) is 0 Å². The Balaban J connectivity index is 0.00000312. The predicted molar refractivity (Wildman–Crippen MR) is 123 cm³/mol. The van der Waals surface area contributed by atoms with Gasteiger partial charge in [0.25, 0.3) is 0 Å². The molecule has 2 rings (SSSR count). The summed E-state index contributed by atoms with van der Waals surface area (Å²) in [6, 6.07) is 10.4. The van der Waals surface area contributed by atoms with Crippen LogP contribution in [0.4, 0.5) is 5.82 Å². The predicted octanol–water partition coefficient (Wildman–Crippen LogP) is 3.34. The number of pyridine rings is 1. The van der Waals surface area contributed by atoms with Crippen molar-refractivity contribution in [2.24, 2.45) is 4.99 Å². The van der Waals surface area contributed by atoms with E-state index in [-0.39, 0.29) is 24.0 Å². The highest BCUT2D eigenvalue weighted by Crippen LogP contribution is 2.22. The third-order valence-corrected chi connectivity index (χ3v) is 4.21.